The smallest absolute Gasteiger partial charge is 0.257 e. The van der Waals surface area contributed by atoms with Gasteiger partial charge in [-0.3, -0.25) is 4.79 Å². The lowest BCUT2D eigenvalue weighted by atomic mass is 10.00. The highest BCUT2D eigenvalue weighted by Gasteiger charge is 2.22. The van der Waals surface area contributed by atoms with Crippen molar-refractivity contribution < 1.29 is 4.79 Å². The highest BCUT2D eigenvalue weighted by molar-refractivity contribution is 6.30. The molecule has 1 saturated heterocycles. The molecule has 1 amide bonds. The van der Waals surface area contributed by atoms with Crippen LogP contribution < -0.4 is 5.32 Å². The van der Waals surface area contributed by atoms with E-state index in [1.54, 1.807) is 24.5 Å². The van der Waals surface area contributed by atoms with Crippen LogP contribution in [0.1, 0.15) is 30.1 Å². The van der Waals surface area contributed by atoms with Crippen molar-refractivity contribution in [3.8, 4) is 0 Å². The number of rotatable bonds is 3. The van der Waals surface area contributed by atoms with Crippen LogP contribution in [0.3, 0.4) is 0 Å². The number of carbonyl (C=O) groups excluding carboxylic acids is 1. The summed E-state index contributed by atoms with van der Waals surface area (Å²) in [4.78, 5) is 22.8. The van der Waals surface area contributed by atoms with Gasteiger partial charge in [0, 0.05) is 36.2 Å². The van der Waals surface area contributed by atoms with Gasteiger partial charge in [0.15, 0.2) is 0 Å². The van der Waals surface area contributed by atoms with Gasteiger partial charge in [-0.15, -0.1) is 0 Å². The Kier molecular flexibility index (Phi) is 4.76. The number of amides is 1. The van der Waals surface area contributed by atoms with Crippen molar-refractivity contribution in [2.75, 3.05) is 18.4 Å². The number of nitrogens with zero attached hydrogens (tertiary/aromatic N) is 3. The van der Waals surface area contributed by atoms with E-state index in [1.165, 1.54) is 6.42 Å². The Hall–Kier alpha value is -2.14. The maximum atomic E-state index is 12.5. The third-order valence-electron chi connectivity index (χ3n) is 3.92. The monoisotopic (exact) mass is 330 g/mol. The van der Waals surface area contributed by atoms with Gasteiger partial charge in [0.1, 0.15) is 0 Å². The fraction of sp³-hybridized carbons (Fsp3) is 0.353. The molecule has 1 fully saturated rings. The summed E-state index contributed by atoms with van der Waals surface area (Å²) in [6.07, 6.45) is 5.38. The van der Waals surface area contributed by atoms with Crippen molar-refractivity contribution in [2.45, 2.75) is 19.8 Å². The summed E-state index contributed by atoms with van der Waals surface area (Å²) in [5.74, 6) is 0.999. The summed E-state index contributed by atoms with van der Waals surface area (Å²) in [6, 6.07) is 7.32. The molecule has 0 aliphatic carbocycles. The molecule has 1 unspecified atom stereocenters. The number of anilines is 2. The molecular formula is C17H19ClN4O. The Bertz CT molecular complexity index is 689. The maximum absolute atomic E-state index is 12.5. The van der Waals surface area contributed by atoms with Gasteiger partial charge in [-0.25, -0.2) is 9.97 Å². The van der Waals surface area contributed by atoms with Crippen LogP contribution in [0.25, 0.3) is 0 Å². The molecule has 1 aromatic carbocycles. The SMILES string of the molecule is CC1CCCN(C(=O)c2cnc(Nc3cccc(Cl)c3)nc2)C1. The average molecular weight is 331 g/mol. The minimum Gasteiger partial charge on any atom is -0.338 e. The van der Waals surface area contributed by atoms with Crippen molar-refractivity contribution in [3.63, 3.8) is 0 Å². The van der Waals surface area contributed by atoms with Gasteiger partial charge in [-0.05, 0) is 37.0 Å². The van der Waals surface area contributed by atoms with Crippen LogP contribution in [0.2, 0.25) is 5.02 Å². The van der Waals surface area contributed by atoms with Crippen LogP contribution in [0.15, 0.2) is 36.7 Å². The molecule has 1 atom stereocenters. The zero-order valence-electron chi connectivity index (χ0n) is 13.0. The zero-order chi connectivity index (χ0) is 16.2. The van der Waals surface area contributed by atoms with Gasteiger partial charge in [-0.2, -0.15) is 0 Å². The molecule has 0 saturated carbocycles. The molecule has 23 heavy (non-hydrogen) atoms. The second kappa shape index (κ2) is 6.96. The fourth-order valence-corrected chi connectivity index (χ4v) is 2.95. The van der Waals surface area contributed by atoms with Crippen molar-refractivity contribution >= 4 is 29.1 Å². The van der Waals surface area contributed by atoms with Gasteiger partial charge in [0.25, 0.3) is 5.91 Å². The van der Waals surface area contributed by atoms with E-state index in [0.29, 0.717) is 22.5 Å². The minimum absolute atomic E-state index is 0.00542. The Morgan fingerprint density at radius 2 is 2.13 bits per heavy atom. The number of benzene rings is 1. The van der Waals surface area contributed by atoms with Crippen LogP contribution in [-0.4, -0.2) is 33.9 Å². The second-order valence-corrected chi connectivity index (χ2v) is 6.37. The van der Waals surface area contributed by atoms with Crippen molar-refractivity contribution in [1.29, 1.82) is 0 Å². The van der Waals surface area contributed by atoms with Crippen LogP contribution in [-0.2, 0) is 0 Å². The molecule has 1 aliphatic rings. The summed E-state index contributed by atoms with van der Waals surface area (Å²) in [5, 5.41) is 3.71. The predicted octanol–water partition coefficient (Wildman–Crippen LogP) is 3.75. The van der Waals surface area contributed by atoms with E-state index in [9.17, 15) is 4.79 Å². The normalized spacial score (nSPS) is 17.8. The topological polar surface area (TPSA) is 58.1 Å². The Morgan fingerprint density at radius 1 is 1.35 bits per heavy atom. The first-order valence-corrected chi connectivity index (χ1v) is 8.13. The van der Waals surface area contributed by atoms with Crippen LogP contribution >= 0.6 is 11.6 Å². The predicted molar refractivity (Wildman–Crippen MR) is 91.1 cm³/mol. The third-order valence-corrected chi connectivity index (χ3v) is 4.16. The van der Waals surface area contributed by atoms with E-state index in [1.807, 2.05) is 17.0 Å². The summed E-state index contributed by atoms with van der Waals surface area (Å²) >= 11 is 5.94. The van der Waals surface area contributed by atoms with Gasteiger partial charge < -0.3 is 10.2 Å². The lowest BCUT2D eigenvalue weighted by Gasteiger charge is -2.30. The number of piperidine rings is 1. The summed E-state index contributed by atoms with van der Waals surface area (Å²) < 4.78 is 0. The molecule has 0 bridgehead atoms. The summed E-state index contributed by atoms with van der Waals surface area (Å²) in [5.41, 5.74) is 1.33. The molecule has 3 rings (SSSR count). The molecule has 1 aromatic heterocycles. The van der Waals surface area contributed by atoms with E-state index in [0.717, 1.165) is 25.2 Å². The van der Waals surface area contributed by atoms with Gasteiger partial charge in [0.2, 0.25) is 5.95 Å². The molecule has 0 spiro atoms. The van der Waals surface area contributed by atoms with E-state index >= 15 is 0 Å². The highest BCUT2D eigenvalue weighted by atomic mass is 35.5. The van der Waals surface area contributed by atoms with Gasteiger partial charge in [0.05, 0.1) is 5.56 Å². The Balaban J connectivity index is 1.68. The maximum Gasteiger partial charge on any atom is 0.257 e. The molecule has 5 nitrogen and oxygen atoms in total. The van der Waals surface area contributed by atoms with Crippen LogP contribution in [0, 0.1) is 5.92 Å². The number of halogens is 1. The van der Waals surface area contributed by atoms with Crippen LogP contribution in [0.4, 0.5) is 11.6 Å². The molecular weight excluding hydrogens is 312 g/mol. The molecule has 2 heterocycles. The number of carbonyl (C=O) groups is 1. The van der Waals surface area contributed by atoms with E-state index in [-0.39, 0.29) is 5.91 Å². The first-order valence-electron chi connectivity index (χ1n) is 7.76. The third kappa shape index (κ3) is 3.99. The number of nitrogens with one attached hydrogen (secondary N) is 1. The van der Waals surface area contributed by atoms with E-state index in [2.05, 4.69) is 22.2 Å². The standard InChI is InChI=1S/C17H19ClN4O/c1-12-4-3-7-22(11-12)16(23)13-9-19-17(20-10-13)21-15-6-2-5-14(18)8-15/h2,5-6,8-10,12H,3-4,7,11H2,1H3,(H,19,20,21). The molecule has 120 valence electrons. The molecule has 6 heteroatoms. The van der Waals surface area contributed by atoms with Gasteiger partial charge >= 0.3 is 0 Å². The van der Waals surface area contributed by atoms with E-state index < -0.39 is 0 Å². The Morgan fingerprint density at radius 3 is 2.83 bits per heavy atom. The Labute approximate surface area is 140 Å². The summed E-state index contributed by atoms with van der Waals surface area (Å²) in [7, 11) is 0. The largest absolute Gasteiger partial charge is 0.338 e. The lowest BCUT2D eigenvalue weighted by molar-refractivity contribution is 0.0682. The number of hydrogen-bond acceptors (Lipinski definition) is 4. The fourth-order valence-electron chi connectivity index (χ4n) is 2.75. The van der Waals surface area contributed by atoms with Crippen molar-refractivity contribution in [3.05, 3.63) is 47.2 Å². The summed E-state index contributed by atoms with van der Waals surface area (Å²) in [6.45, 7) is 3.79. The van der Waals surface area contributed by atoms with Gasteiger partial charge in [-0.1, -0.05) is 24.6 Å². The molecule has 1 aliphatic heterocycles. The lowest BCUT2D eigenvalue weighted by Crippen LogP contribution is -2.39. The van der Waals surface area contributed by atoms with Crippen molar-refractivity contribution in [1.82, 2.24) is 14.9 Å². The highest BCUT2D eigenvalue weighted by Crippen LogP contribution is 2.19. The van der Waals surface area contributed by atoms with Crippen molar-refractivity contribution in [2.24, 2.45) is 5.92 Å². The average Bonchev–Trinajstić information content (AvgIpc) is 2.55. The second-order valence-electron chi connectivity index (χ2n) is 5.93. The molecule has 0 radical (unpaired) electrons. The number of hydrogen-bond donors (Lipinski definition) is 1. The quantitative estimate of drug-likeness (QED) is 0.931. The molecule has 1 N–H and O–H groups in total. The van der Waals surface area contributed by atoms with Crippen LogP contribution in [0.5, 0.6) is 0 Å². The zero-order valence-corrected chi connectivity index (χ0v) is 13.8. The number of aromatic nitrogens is 2. The number of likely N-dealkylation sites (tertiary alicyclic amines) is 1. The minimum atomic E-state index is 0.00542. The first kappa shape index (κ1) is 15.7. The first-order chi connectivity index (χ1) is 11.1. The van der Waals surface area contributed by atoms with E-state index in [4.69, 9.17) is 11.6 Å². The molecule has 2 aromatic rings.